The molecule has 4 heteroatoms. The largest absolute Gasteiger partial charge is 0.308 e. The number of aromatic nitrogens is 2. The fourth-order valence-electron chi connectivity index (χ4n) is 2.62. The Morgan fingerprint density at radius 2 is 2.11 bits per heavy atom. The maximum Gasteiger partial charge on any atom is 0.0762 e. The highest BCUT2D eigenvalue weighted by molar-refractivity contribution is 6.18. The number of halogens is 1. The maximum absolute atomic E-state index is 5.87. The van der Waals surface area contributed by atoms with Crippen LogP contribution in [0.15, 0.2) is 12.3 Å². The number of nitrogens with one attached hydrogen (secondary N) is 1. The lowest BCUT2D eigenvalue weighted by Gasteiger charge is -2.22. The molecule has 1 heterocycles. The van der Waals surface area contributed by atoms with Gasteiger partial charge in [-0.3, -0.25) is 4.68 Å². The topological polar surface area (TPSA) is 29.9 Å². The summed E-state index contributed by atoms with van der Waals surface area (Å²) in [4.78, 5) is 0. The van der Waals surface area contributed by atoms with Crippen LogP contribution in [0.5, 0.6) is 0 Å². The molecule has 0 radical (unpaired) electrons. The zero-order valence-corrected chi connectivity index (χ0v) is 12.9. The van der Waals surface area contributed by atoms with E-state index < -0.39 is 0 Å². The highest BCUT2D eigenvalue weighted by Gasteiger charge is 2.16. The third-order valence-electron chi connectivity index (χ3n) is 4.31. The maximum atomic E-state index is 5.87. The van der Waals surface area contributed by atoms with Gasteiger partial charge in [0.05, 0.1) is 11.7 Å². The van der Waals surface area contributed by atoms with E-state index in [2.05, 4.69) is 36.1 Å². The Balaban J connectivity index is 1.83. The molecule has 0 saturated heterocycles. The first-order valence-electron chi connectivity index (χ1n) is 7.54. The van der Waals surface area contributed by atoms with Crippen molar-refractivity contribution in [1.82, 2.24) is 15.1 Å². The van der Waals surface area contributed by atoms with Gasteiger partial charge in [0.1, 0.15) is 0 Å². The molecule has 19 heavy (non-hydrogen) atoms. The van der Waals surface area contributed by atoms with Crippen molar-refractivity contribution in [2.75, 3.05) is 5.88 Å². The fraction of sp³-hybridized carbons (Fsp3) is 0.800. The minimum Gasteiger partial charge on any atom is -0.308 e. The molecule has 1 N–H and O–H groups in total. The van der Waals surface area contributed by atoms with Crippen LogP contribution in [0, 0.1) is 5.92 Å². The highest BCUT2D eigenvalue weighted by Crippen LogP contribution is 2.27. The molecular weight excluding hydrogens is 258 g/mol. The normalized spacial score (nSPS) is 20.4. The van der Waals surface area contributed by atoms with Gasteiger partial charge in [-0.2, -0.15) is 5.10 Å². The van der Waals surface area contributed by atoms with E-state index in [9.17, 15) is 0 Å². The summed E-state index contributed by atoms with van der Waals surface area (Å²) in [6.07, 6.45) is 8.80. The molecule has 2 atom stereocenters. The zero-order valence-electron chi connectivity index (χ0n) is 12.1. The smallest absolute Gasteiger partial charge is 0.0762 e. The Morgan fingerprint density at radius 3 is 2.79 bits per heavy atom. The molecule has 3 nitrogen and oxygen atoms in total. The van der Waals surface area contributed by atoms with Crippen LogP contribution < -0.4 is 5.32 Å². The molecule has 2 unspecified atom stereocenters. The molecule has 1 fully saturated rings. The molecule has 1 saturated carbocycles. The average molecular weight is 284 g/mol. The number of nitrogens with zero attached hydrogens (tertiary/aromatic N) is 2. The van der Waals surface area contributed by atoms with Crippen LogP contribution in [0.3, 0.4) is 0 Å². The van der Waals surface area contributed by atoms with Crippen molar-refractivity contribution in [2.45, 2.75) is 64.6 Å². The molecule has 0 amide bonds. The lowest BCUT2D eigenvalue weighted by Crippen LogP contribution is -2.32. The Labute approximate surface area is 121 Å². The lowest BCUT2D eigenvalue weighted by molar-refractivity contribution is 0.327. The first-order valence-corrected chi connectivity index (χ1v) is 8.07. The molecule has 0 aromatic carbocycles. The molecule has 108 valence electrons. The highest BCUT2D eigenvalue weighted by atomic mass is 35.5. The van der Waals surface area contributed by atoms with E-state index in [1.807, 2.05) is 0 Å². The summed E-state index contributed by atoms with van der Waals surface area (Å²) in [6.45, 7) is 5.19. The van der Waals surface area contributed by atoms with Crippen molar-refractivity contribution in [3.05, 3.63) is 18.0 Å². The van der Waals surface area contributed by atoms with Crippen molar-refractivity contribution >= 4 is 11.6 Å². The van der Waals surface area contributed by atoms with Crippen LogP contribution in [0.4, 0.5) is 0 Å². The van der Waals surface area contributed by atoms with E-state index in [1.54, 1.807) is 0 Å². The second-order valence-corrected chi connectivity index (χ2v) is 6.19. The average Bonchev–Trinajstić information content (AvgIpc) is 2.93. The molecule has 0 aliphatic heterocycles. The monoisotopic (exact) mass is 283 g/mol. The molecule has 1 aliphatic rings. The predicted molar refractivity (Wildman–Crippen MR) is 80.5 cm³/mol. The van der Waals surface area contributed by atoms with Gasteiger partial charge in [-0.1, -0.05) is 26.2 Å². The SMILES string of the molecule is CC(CCl)C(C)NCc1ccn(C2CCCCC2)n1. The van der Waals surface area contributed by atoms with Gasteiger partial charge in [0, 0.05) is 24.7 Å². The Hall–Kier alpha value is -0.540. The number of hydrogen-bond acceptors (Lipinski definition) is 2. The summed E-state index contributed by atoms with van der Waals surface area (Å²) in [7, 11) is 0. The van der Waals surface area contributed by atoms with Crippen molar-refractivity contribution in [3.8, 4) is 0 Å². The Morgan fingerprint density at radius 1 is 1.37 bits per heavy atom. The van der Waals surface area contributed by atoms with Crippen molar-refractivity contribution < 1.29 is 0 Å². The minimum absolute atomic E-state index is 0.428. The predicted octanol–water partition coefficient (Wildman–Crippen LogP) is 3.74. The number of alkyl halides is 1. The van der Waals surface area contributed by atoms with E-state index in [-0.39, 0.29) is 0 Å². The second kappa shape index (κ2) is 7.30. The van der Waals surface area contributed by atoms with Gasteiger partial charge in [-0.15, -0.1) is 11.6 Å². The van der Waals surface area contributed by atoms with Gasteiger partial charge in [0.15, 0.2) is 0 Å². The minimum atomic E-state index is 0.428. The van der Waals surface area contributed by atoms with Gasteiger partial charge < -0.3 is 5.32 Å². The van der Waals surface area contributed by atoms with Gasteiger partial charge in [-0.25, -0.2) is 0 Å². The third kappa shape index (κ3) is 4.22. The second-order valence-electron chi connectivity index (χ2n) is 5.88. The molecule has 1 aromatic heterocycles. The molecular formula is C15H26ClN3. The Kier molecular flexibility index (Phi) is 5.71. The van der Waals surface area contributed by atoms with Crippen LogP contribution in [0.1, 0.15) is 57.7 Å². The van der Waals surface area contributed by atoms with Crippen LogP contribution in [0.2, 0.25) is 0 Å². The van der Waals surface area contributed by atoms with Gasteiger partial charge in [0.25, 0.3) is 0 Å². The lowest BCUT2D eigenvalue weighted by atomic mass is 9.96. The third-order valence-corrected chi connectivity index (χ3v) is 4.80. The van der Waals surface area contributed by atoms with Crippen molar-refractivity contribution in [1.29, 1.82) is 0 Å². The van der Waals surface area contributed by atoms with Gasteiger partial charge in [0.2, 0.25) is 0 Å². The van der Waals surface area contributed by atoms with Crippen LogP contribution in [-0.2, 0) is 6.54 Å². The first kappa shape index (κ1) is 14.9. The van der Waals surface area contributed by atoms with Crippen LogP contribution in [-0.4, -0.2) is 21.7 Å². The first-order chi connectivity index (χ1) is 9.20. The van der Waals surface area contributed by atoms with Crippen LogP contribution in [0.25, 0.3) is 0 Å². The summed E-state index contributed by atoms with van der Waals surface area (Å²) < 4.78 is 2.17. The molecule has 0 bridgehead atoms. The molecule has 0 spiro atoms. The van der Waals surface area contributed by atoms with E-state index in [0.717, 1.165) is 12.2 Å². The van der Waals surface area contributed by atoms with E-state index in [4.69, 9.17) is 16.7 Å². The molecule has 1 aliphatic carbocycles. The molecule has 2 rings (SSSR count). The van der Waals surface area contributed by atoms with Crippen molar-refractivity contribution in [2.24, 2.45) is 5.92 Å². The standard InChI is InChI=1S/C15H26ClN3/c1-12(10-16)13(2)17-11-14-8-9-19(18-14)15-6-4-3-5-7-15/h8-9,12-13,15,17H,3-7,10-11H2,1-2H3. The summed E-state index contributed by atoms with van der Waals surface area (Å²) >= 11 is 5.87. The van der Waals surface area contributed by atoms with Gasteiger partial charge in [-0.05, 0) is 31.7 Å². The van der Waals surface area contributed by atoms with Crippen molar-refractivity contribution in [3.63, 3.8) is 0 Å². The van der Waals surface area contributed by atoms with E-state index in [1.165, 1.54) is 32.1 Å². The quantitative estimate of drug-likeness (QED) is 0.806. The summed E-state index contributed by atoms with van der Waals surface area (Å²) in [5.41, 5.74) is 1.14. The van der Waals surface area contributed by atoms with Gasteiger partial charge >= 0.3 is 0 Å². The molecule has 1 aromatic rings. The summed E-state index contributed by atoms with van der Waals surface area (Å²) in [6, 6.07) is 3.19. The van der Waals surface area contributed by atoms with E-state index in [0.29, 0.717) is 23.9 Å². The number of rotatable bonds is 6. The number of hydrogen-bond donors (Lipinski definition) is 1. The van der Waals surface area contributed by atoms with Crippen LogP contribution >= 0.6 is 11.6 Å². The fourth-order valence-corrected chi connectivity index (χ4v) is 2.89. The summed E-state index contributed by atoms with van der Waals surface area (Å²) in [5.74, 6) is 1.19. The summed E-state index contributed by atoms with van der Waals surface area (Å²) in [5, 5.41) is 8.22. The Bertz CT molecular complexity index is 371. The zero-order chi connectivity index (χ0) is 13.7. The van der Waals surface area contributed by atoms with E-state index >= 15 is 0 Å².